The van der Waals surface area contributed by atoms with Crippen molar-refractivity contribution in [2.75, 3.05) is 45.2 Å². The predicted molar refractivity (Wildman–Crippen MR) is 108 cm³/mol. The highest BCUT2D eigenvalue weighted by Crippen LogP contribution is 2.30. The van der Waals surface area contributed by atoms with Crippen LogP contribution in [0.4, 0.5) is 5.69 Å². The number of benzene rings is 1. The molecule has 0 bridgehead atoms. The van der Waals surface area contributed by atoms with E-state index in [4.69, 9.17) is 0 Å². The lowest BCUT2D eigenvalue weighted by molar-refractivity contribution is 0.0697. The van der Waals surface area contributed by atoms with Gasteiger partial charge in [0.1, 0.15) is 0 Å². The molecule has 1 aromatic rings. The largest absolute Gasteiger partial charge is 0.371 e. The monoisotopic (exact) mass is 393 g/mol. The average Bonchev–Trinajstić information content (AvgIpc) is 2.68. The number of carbonyl (C=O) groups is 1. The summed E-state index contributed by atoms with van der Waals surface area (Å²) in [6, 6.07) is 5.04. The van der Waals surface area contributed by atoms with Crippen LogP contribution in [0.15, 0.2) is 23.1 Å². The molecular formula is C20H31N3O3S. The Hall–Kier alpha value is -1.60. The summed E-state index contributed by atoms with van der Waals surface area (Å²) in [5.74, 6) is 0.592. The van der Waals surface area contributed by atoms with Crippen molar-refractivity contribution < 1.29 is 13.2 Å². The number of likely N-dealkylation sites (tertiary alicyclic amines) is 1. The van der Waals surface area contributed by atoms with Crippen LogP contribution in [-0.2, 0) is 10.0 Å². The van der Waals surface area contributed by atoms with E-state index >= 15 is 0 Å². The minimum atomic E-state index is -3.58. The molecule has 0 aromatic heterocycles. The first-order chi connectivity index (χ1) is 12.8. The molecule has 2 aliphatic rings. The zero-order valence-corrected chi connectivity index (χ0v) is 17.5. The molecule has 7 heteroatoms. The Kier molecular flexibility index (Phi) is 6.11. The topological polar surface area (TPSA) is 60.9 Å². The van der Waals surface area contributed by atoms with Gasteiger partial charge in [-0.1, -0.05) is 6.92 Å². The van der Waals surface area contributed by atoms with Crippen molar-refractivity contribution in [2.45, 2.75) is 43.9 Å². The highest BCUT2D eigenvalue weighted by Gasteiger charge is 2.28. The molecule has 0 atom stereocenters. The quantitative estimate of drug-likeness (QED) is 0.789. The number of amides is 1. The molecule has 2 fully saturated rings. The summed E-state index contributed by atoms with van der Waals surface area (Å²) >= 11 is 0. The summed E-state index contributed by atoms with van der Waals surface area (Å²) in [6.07, 6.45) is 5.41. The minimum Gasteiger partial charge on any atom is -0.371 e. The Labute approximate surface area is 163 Å². The van der Waals surface area contributed by atoms with E-state index in [2.05, 4.69) is 11.8 Å². The summed E-state index contributed by atoms with van der Waals surface area (Å²) in [6.45, 7) is 5.52. The van der Waals surface area contributed by atoms with Crippen molar-refractivity contribution in [3.8, 4) is 0 Å². The molecule has 1 aromatic carbocycles. The fourth-order valence-corrected chi connectivity index (χ4v) is 4.78. The highest BCUT2D eigenvalue weighted by atomic mass is 32.2. The second kappa shape index (κ2) is 8.19. The second-order valence-corrected chi connectivity index (χ2v) is 10.1. The van der Waals surface area contributed by atoms with Crippen molar-refractivity contribution >= 4 is 21.6 Å². The third-order valence-electron chi connectivity index (χ3n) is 5.74. The smallest absolute Gasteiger partial charge is 0.256 e. The molecule has 3 rings (SSSR count). The first-order valence-electron chi connectivity index (χ1n) is 9.91. The fourth-order valence-electron chi connectivity index (χ4n) is 3.85. The molecule has 0 aliphatic carbocycles. The van der Waals surface area contributed by atoms with Gasteiger partial charge in [0.05, 0.1) is 10.5 Å². The summed E-state index contributed by atoms with van der Waals surface area (Å²) < 4.78 is 26.4. The molecule has 2 saturated heterocycles. The van der Waals surface area contributed by atoms with Gasteiger partial charge in [-0.05, 0) is 56.2 Å². The standard InChI is InChI=1S/C20H31N3O3S/c1-16-9-13-23(14-10-16)20(24)18-15-17(27(25,26)21(2)3)7-8-19(18)22-11-5-4-6-12-22/h7-8,15-16H,4-6,9-14H2,1-3H3. The van der Waals surface area contributed by atoms with Gasteiger partial charge < -0.3 is 9.80 Å². The van der Waals surface area contributed by atoms with Crippen LogP contribution in [0.5, 0.6) is 0 Å². The number of piperidine rings is 2. The number of rotatable bonds is 4. The minimum absolute atomic E-state index is 0.0433. The molecule has 0 unspecified atom stereocenters. The van der Waals surface area contributed by atoms with E-state index in [1.165, 1.54) is 24.8 Å². The molecule has 2 aliphatic heterocycles. The van der Waals surface area contributed by atoms with Crippen LogP contribution in [0.1, 0.15) is 49.4 Å². The lowest BCUT2D eigenvalue weighted by Crippen LogP contribution is -2.39. The lowest BCUT2D eigenvalue weighted by atomic mass is 9.98. The Balaban J connectivity index is 1.99. The Bertz CT molecular complexity index is 778. The first kappa shape index (κ1) is 20.1. The van der Waals surface area contributed by atoms with Crippen molar-refractivity contribution in [2.24, 2.45) is 5.92 Å². The predicted octanol–water partition coefficient (Wildman–Crippen LogP) is 2.80. The fraction of sp³-hybridized carbons (Fsp3) is 0.650. The Morgan fingerprint density at radius 2 is 1.67 bits per heavy atom. The first-order valence-corrected chi connectivity index (χ1v) is 11.4. The zero-order valence-electron chi connectivity index (χ0n) is 16.6. The normalized spacial score (nSPS) is 19.6. The molecule has 0 N–H and O–H groups in total. The number of anilines is 1. The van der Waals surface area contributed by atoms with Gasteiger partial charge in [-0.3, -0.25) is 4.79 Å². The second-order valence-electron chi connectivity index (χ2n) is 7.99. The SMILES string of the molecule is CC1CCN(C(=O)c2cc(S(=O)(=O)N(C)C)ccc2N2CCCCC2)CC1. The number of nitrogens with zero attached hydrogens (tertiary/aromatic N) is 3. The van der Waals surface area contributed by atoms with Crippen LogP contribution in [0.2, 0.25) is 0 Å². The Morgan fingerprint density at radius 1 is 1.04 bits per heavy atom. The van der Waals surface area contributed by atoms with E-state index < -0.39 is 10.0 Å². The van der Waals surface area contributed by atoms with Crippen molar-refractivity contribution in [3.05, 3.63) is 23.8 Å². The van der Waals surface area contributed by atoms with Gasteiger partial charge in [0, 0.05) is 46.0 Å². The van der Waals surface area contributed by atoms with Gasteiger partial charge in [-0.2, -0.15) is 0 Å². The molecule has 0 saturated carbocycles. The van der Waals surface area contributed by atoms with Crippen LogP contribution in [-0.4, -0.2) is 63.8 Å². The molecule has 0 spiro atoms. The summed E-state index contributed by atoms with van der Waals surface area (Å²) in [5.41, 5.74) is 1.39. The third kappa shape index (κ3) is 4.29. The number of hydrogen-bond acceptors (Lipinski definition) is 4. The van der Waals surface area contributed by atoms with Crippen LogP contribution in [0, 0.1) is 5.92 Å². The van der Waals surface area contributed by atoms with Crippen LogP contribution in [0.3, 0.4) is 0 Å². The average molecular weight is 394 g/mol. The van der Waals surface area contributed by atoms with Crippen LogP contribution in [0.25, 0.3) is 0 Å². The van der Waals surface area contributed by atoms with E-state index in [1.807, 2.05) is 11.0 Å². The van der Waals surface area contributed by atoms with Crippen LogP contribution < -0.4 is 4.90 Å². The molecule has 2 heterocycles. The van der Waals surface area contributed by atoms with E-state index in [0.717, 1.165) is 57.5 Å². The molecule has 150 valence electrons. The summed E-state index contributed by atoms with van der Waals surface area (Å²) in [7, 11) is -0.545. The number of carbonyl (C=O) groups excluding carboxylic acids is 1. The lowest BCUT2D eigenvalue weighted by Gasteiger charge is -2.34. The van der Waals surface area contributed by atoms with Gasteiger partial charge in [-0.15, -0.1) is 0 Å². The van der Waals surface area contributed by atoms with E-state index in [9.17, 15) is 13.2 Å². The summed E-state index contributed by atoms with van der Waals surface area (Å²) in [4.78, 5) is 17.6. The molecule has 6 nitrogen and oxygen atoms in total. The summed E-state index contributed by atoms with van der Waals surface area (Å²) in [5, 5.41) is 0. The van der Waals surface area contributed by atoms with Gasteiger partial charge in [0.2, 0.25) is 10.0 Å². The number of sulfonamides is 1. The van der Waals surface area contributed by atoms with E-state index in [-0.39, 0.29) is 10.8 Å². The molecule has 1 amide bonds. The van der Waals surface area contributed by atoms with Crippen molar-refractivity contribution in [3.63, 3.8) is 0 Å². The van der Waals surface area contributed by atoms with Crippen LogP contribution >= 0.6 is 0 Å². The maximum Gasteiger partial charge on any atom is 0.256 e. The van der Waals surface area contributed by atoms with Gasteiger partial charge in [0.25, 0.3) is 5.91 Å². The van der Waals surface area contributed by atoms with Gasteiger partial charge >= 0.3 is 0 Å². The zero-order chi connectivity index (χ0) is 19.6. The highest BCUT2D eigenvalue weighted by molar-refractivity contribution is 7.89. The maximum atomic E-state index is 13.3. The van der Waals surface area contributed by atoms with Gasteiger partial charge in [0.15, 0.2) is 0 Å². The molecule has 0 radical (unpaired) electrons. The Morgan fingerprint density at radius 3 is 2.26 bits per heavy atom. The molecule has 27 heavy (non-hydrogen) atoms. The maximum absolute atomic E-state index is 13.3. The number of hydrogen-bond donors (Lipinski definition) is 0. The van der Waals surface area contributed by atoms with E-state index in [0.29, 0.717) is 11.5 Å². The van der Waals surface area contributed by atoms with Crippen molar-refractivity contribution in [1.82, 2.24) is 9.21 Å². The third-order valence-corrected chi connectivity index (χ3v) is 7.56. The van der Waals surface area contributed by atoms with Gasteiger partial charge in [-0.25, -0.2) is 12.7 Å². The molecular weight excluding hydrogens is 362 g/mol. The van der Waals surface area contributed by atoms with E-state index in [1.54, 1.807) is 12.1 Å². The van der Waals surface area contributed by atoms with Crippen molar-refractivity contribution in [1.29, 1.82) is 0 Å².